The van der Waals surface area contributed by atoms with Crippen LogP contribution in [0.4, 0.5) is 5.69 Å². The molecule has 3 rings (SSSR count). The molecule has 1 aromatic carbocycles. The number of aromatic nitrogens is 2. The number of imidazole rings is 1. The molecule has 0 atom stereocenters. The van der Waals surface area contributed by atoms with E-state index >= 15 is 0 Å². The number of fused-ring (bicyclic) bond motifs is 1. The van der Waals surface area contributed by atoms with Gasteiger partial charge in [0.2, 0.25) is 0 Å². The molecule has 2 heterocycles. The lowest BCUT2D eigenvalue weighted by atomic mass is 10.3. The van der Waals surface area contributed by atoms with Crippen molar-refractivity contribution in [3.63, 3.8) is 0 Å². The zero-order chi connectivity index (χ0) is 12.0. The molecule has 2 aromatic heterocycles. The quantitative estimate of drug-likeness (QED) is 0.622. The summed E-state index contributed by atoms with van der Waals surface area (Å²) in [6.07, 6.45) is 0. The summed E-state index contributed by atoms with van der Waals surface area (Å²) in [5, 5.41) is 2.02. The third kappa shape index (κ3) is 1.90. The number of benzene rings is 1. The van der Waals surface area contributed by atoms with E-state index in [1.54, 1.807) is 11.3 Å². The summed E-state index contributed by atoms with van der Waals surface area (Å²) in [6.45, 7) is 0. The fraction of sp³-hybridized carbons (Fsp3) is 0. The van der Waals surface area contributed by atoms with Gasteiger partial charge >= 0.3 is 0 Å². The first-order chi connectivity index (χ1) is 8.15. The van der Waals surface area contributed by atoms with Gasteiger partial charge < -0.3 is 10.7 Å². The van der Waals surface area contributed by atoms with E-state index in [9.17, 15) is 0 Å². The van der Waals surface area contributed by atoms with Gasteiger partial charge in [0, 0.05) is 8.95 Å². The minimum absolute atomic E-state index is 0.671. The molecule has 0 saturated heterocycles. The number of nitrogens with zero attached hydrogens (tertiary/aromatic N) is 1. The third-order valence-electron chi connectivity index (χ3n) is 2.41. The van der Waals surface area contributed by atoms with Crippen LogP contribution in [0.2, 0.25) is 0 Å². The molecule has 0 aliphatic carbocycles. The van der Waals surface area contributed by atoms with Crippen molar-refractivity contribution in [2.75, 3.05) is 5.73 Å². The second-order valence-electron chi connectivity index (χ2n) is 3.57. The summed E-state index contributed by atoms with van der Waals surface area (Å²) in [5.74, 6) is 0.840. The zero-order valence-corrected chi connectivity index (χ0v) is 12.5. The molecule has 0 radical (unpaired) electrons. The van der Waals surface area contributed by atoms with E-state index in [0.717, 1.165) is 30.7 Å². The number of nitrogens with one attached hydrogen (secondary N) is 1. The second-order valence-corrected chi connectivity index (χ2v) is 6.26. The smallest absolute Gasteiger partial charge is 0.149 e. The number of H-pyrrole nitrogens is 1. The summed E-state index contributed by atoms with van der Waals surface area (Å²) >= 11 is 8.56. The minimum Gasteiger partial charge on any atom is -0.397 e. The first-order valence-electron chi connectivity index (χ1n) is 4.83. The van der Waals surface area contributed by atoms with Gasteiger partial charge in [-0.25, -0.2) is 4.98 Å². The highest BCUT2D eigenvalue weighted by molar-refractivity contribution is 9.10. The molecule has 0 bridgehead atoms. The second kappa shape index (κ2) is 4.12. The Hall–Kier alpha value is -0.850. The van der Waals surface area contributed by atoms with Crippen molar-refractivity contribution in [3.8, 4) is 10.7 Å². The molecule has 17 heavy (non-hydrogen) atoms. The number of nitrogens with two attached hydrogens (primary N) is 1. The number of halogens is 2. The van der Waals surface area contributed by atoms with Gasteiger partial charge in [-0.3, -0.25) is 0 Å². The van der Waals surface area contributed by atoms with Crippen LogP contribution in [-0.2, 0) is 0 Å². The molecule has 0 amide bonds. The molecule has 0 fully saturated rings. The summed E-state index contributed by atoms with van der Waals surface area (Å²) in [6, 6.07) is 5.84. The zero-order valence-electron chi connectivity index (χ0n) is 8.50. The van der Waals surface area contributed by atoms with E-state index < -0.39 is 0 Å². The van der Waals surface area contributed by atoms with Crippen LogP contribution < -0.4 is 5.73 Å². The SMILES string of the molecule is Nc1cc(Br)cc2[nH]c(-c3sccc3Br)nc12. The van der Waals surface area contributed by atoms with Crippen LogP contribution in [0.25, 0.3) is 21.7 Å². The monoisotopic (exact) mass is 371 g/mol. The van der Waals surface area contributed by atoms with Crippen molar-refractivity contribution in [1.29, 1.82) is 0 Å². The van der Waals surface area contributed by atoms with Crippen molar-refractivity contribution in [1.82, 2.24) is 9.97 Å². The van der Waals surface area contributed by atoms with Crippen LogP contribution in [0.1, 0.15) is 0 Å². The number of aromatic amines is 1. The summed E-state index contributed by atoms with van der Waals surface area (Å²) < 4.78 is 1.99. The lowest BCUT2D eigenvalue weighted by Gasteiger charge is -1.94. The van der Waals surface area contributed by atoms with Crippen molar-refractivity contribution in [2.45, 2.75) is 0 Å². The standard InChI is InChI=1S/C11H7Br2N3S/c12-5-3-7(14)9-8(4-5)15-11(16-9)10-6(13)1-2-17-10/h1-4H,14H2,(H,15,16). The fourth-order valence-electron chi connectivity index (χ4n) is 1.68. The van der Waals surface area contributed by atoms with Crippen LogP contribution in [0, 0.1) is 0 Å². The number of anilines is 1. The molecule has 6 heteroatoms. The highest BCUT2D eigenvalue weighted by Crippen LogP contribution is 2.34. The van der Waals surface area contributed by atoms with Crippen LogP contribution in [-0.4, -0.2) is 9.97 Å². The van der Waals surface area contributed by atoms with Gasteiger partial charge in [-0.1, -0.05) is 15.9 Å². The Bertz CT molecular complexity index is 702. The number of rotatable bonds is 1. The Morgan fingerprint density at radius 3 is 2.82 bits per heavy atom. The Balaban J connectivity index is 2.27. The maximum Gasteiger partial charge on any atom is 0.149 e. The molecule has 86 valence electrons. The number of hydrogen-bond donors (Lipinski definition) is 2. The average molecular weight is 373 g/mol. The first kappa shape index (κ1) is 11.3. The largest absolute Gasteiger partial charge is 0.397 e. The molecule has 0 aliphatic heterocycles. The number of nitrogen functional groups attached to an aromatic ring is 1. The van der Waals surface area contributed by atoms with E-state index in [-0.39, 0.29) is 0 Å². The van der Waals surface area contributed by atoms with Gasteiger partial charge in [0.1, 0.15) is 11.3 Å². The Labute approximate surface area is 118 Å². The molecule has 0 spiro atoms. The fourth-order valence-corrected chi connectivity index (χ4v) is 3.66. The van der Waals surface area contributed by atoms with E-state index in [1.165, 1.54) is 0 Å². The minimum atomic E-state index is 0.671. The van der Waals surface area contributed by atoms with E-state index in [4.69, 9.17) is 5.73 Å². The first-order valence-corrected chi connectivity index (χ1v) is 7.30. The van der Waals surface area contributed by atoms with Gasteiger partial charge in [0.15, 0.2) is 0 Å². The van der Waals surface area contributed by atoms with E-state index in [2.05, 4.69) is 41.8 Å². The summed E-state index contributed by atoms with van der Waals surface area (Å²) in [5.41, 5.74) is 8.36. The number of thiophene rings is 1. The molecule has 0 unspecified atom stereocenters. The molecule has 3 aromatic rings. The van der Waals surface area contributed by atoms with Crippen LogP contribution in [0.3, 0.4) is 0 Å². The predicted molar refractivity (Wildman–Crippen MR) is 79.2 cm³/mol. The van der Waals surface area contributed by atoms with Gasteiger partial charge in [-0.15, -0.1) is 11.3 Å². The van der Waals surface area contributed by atoms with Crippen molar-refractivity contribution in [2.24, 2.45) is 0 Å². The van der Waals surface area contributed by atoms with Gasteiger partial charge in [0.05, 0.1) is 16.1 Å². The molecular weight excluding hydrogens is 366 g/mol. The maximum absolute atomic E-state index is 5.94. The topological polar surface area (TPSA) is 54.7 Å². The molecule has 0 aliphatic rings. The van der Waals surface area contributed by atoms with Crippen LogP contribution >= 0.6 is 43.2 Å². The van der Waals surface area contributed by atoms with Crippen molar-refractivity contribution >= 4 is 59.9 Å². The number of hydrogen-bond acceptors (Lipinski definition) is 3. The van der Waals surface area contributed by atoms with Crippen LogP contribution in [0.5, 0.6) is 0 Å². The molecular formula is C11H7Br2N3S. The predicted octanol–water partition coefficient (Wildman–Crippen LogP) is 4.40. The van der Waals surface area contributed by atoms with Crippen molar-refractivity contribution < 1.29 is 0 Å². The lowest BCUT2D eigenvalue weighted by Crippen LogP contribution is -1.86. The third-order valence-corrected chi connectivity index (χ3v) is 4.72. The highest BCUT2D eigenvalue weighted by Gasteiger charge is 2.11. The Kier molecular flexibility index (Phi) is 2.72. The van der Waals surface area contributed by atoms with Crippen LogP contribution in [0.15, 0.2) is 32.5 Å². The van der Waals surface area contributed by atoms with Crippen molar-refractivity contribution in [3.05, 3.63) is 32.5 Å². The highest BCUT2D eigenvalue weighted by atomic mass is 79.9. The van der Waals surface area contributed by atoms with E-state index in [1.807, 2.05) is 23.6 Å². The lowest BCUT2D eigenvalue weighted by molar-refractivity contribution is 1.35. The van der Waals surface area contributed by atoms with Gasteiger partial charge in [-0.2, -0.15) is 0 Å². The normalized spacial score (nSPS) is 11.2. The Morgan fingerprint density at radius 2 is 2.12 bits per heavy atom. The molecule has 0 saturated carbocycles. The summed E-state index contributed by atoms with van der Waals surface area (Å²) in [7, 11) is 0. The maximum atomic E-state index is 5.94. The molecule has 3 N–H and O–H groups in total. The average Bonchev–Trinajstić information content (AvgIpc) is 2.83. The van der Waals surface area contributed by atoms with E-state index in [0.29, 0.717) is 5.69 Å². The molecule has 3 nitrogen and oxygen atoms in total. The summed E-state index contributed by atoms with van der Waals surface area (Å²) in [4.78, 5) is 8.90. The van der Waals surface area contributed by atoms with Gasteiger partial charge in [-0.05, 0) is 39.5 Å². The Morgan fingerprint density at radius 1 is 1.29 bits per heavy atom. The van der Waals surface area contributed by atoms with Gasteiger partial charge in [0.25, 0.3) is 0 Å².